The zero-order valence-electron chi connectivity index (χ0n) is 9.12. The van der Waals surface area contributed by atoms with Gasteiger partial charge in [0.05, 0.1) is 26.2 Å². The van der Waals surface area contributed by atoms with E-state index in [0.717, 1.165) is 0 Å². The van der Waals surface area contributed by atoms with E-state index >= 15 is 0 Å². The second kappa shape index (κ2) is 5.35. The molecule has 0 aromatic carbocycles. The van der Waals surface area contributed by atoms with E-state index in [-0.39, 0.29) is 26.1 Å². The molecule has 1 saturated heterocycles. The first-order valence-corrected chi connectivity index (χ1v) is 4.89. The largest absolute Gasteiger partial charge is 0.471 e. The van der Waals surface area contributed by atoms with Crippen LogP contribution in [0, 0.1) is 0 Å². The number of hydrogen-bond donors (Lipinski definition) is 0. The number of carbonyl (C=O) groups is 2. The van der Waals surface area contributed by atoms with E-state index < -0.39 is 24.2 Å². The highest BCUT2D eigenvalue weighted by atomic mass is 19.4. The number of methoxy groups -OCH3 is 1. The predicted octanol–water partition coefficient (Wildman–Crippen LogP) is 0.339. The standard InChI is InChI=1S/C9H12F3NO4/c1-16-7(14)2-3-17-6-4-13(5-6)8(15)9(10,11)12/h6H,2-5H2,1H3. The number of hydrogen-bond acceptors (Lipinski definition) is 4. The van der Waals surface area contributed by atoms with Crippen molar-refractivity contribution in [1.82, 2.24) is 4.90 Å². The van der Waals surface area contributed by atoms with Gasteiger partial charge in [-0.1, -0.05) is 0 Å². The molecule has 1 rings (SSSR count). The molecule has 1 aliphatic rings. The van der Waals surface area contributed by atoms with Crippen LogP contribution in [0.2, 0.25) is 0 Å². The molecule has 0 atom stereocenters. The van der Waals surface area contributed by atoms with Gasteiger partial charge < -0.3 is 14.4 Å². The first-order chi connectivity index (χ1) is 7.84. The van der Waals surface area contributed by atoms with Crippen molar-refractivity contribution >= 4 is 11.9 Å². The number of ether oxygens (including phenoxy) is 2. The maximum absolute atomic E-state index is 12.0. The lowest BCUT2D eigenvalue weighted by atomic mass is 10.1. The molecule has 0 spiro atoms. The van der Waals surface area contributed by atoms with Crippen molar-refractivity contribution in [1.29, 1.82) is 0 Å². The molecule has 17 heavy (non-hydrogen) atoms. The average Bonchev–Trinajstić information content (AvgIpc) is 2.18. The van der Waals surface area contributed by atoms with Crippen molar-refractivity contribution < 1.29 is 32.2 Å². The van der Waals surface area contributed by atoms with Crippen LogP contribution in [0.3, 0.4) is 0 Å². The highest BCUT2D eigenvalue weighted by Gasteiger charge is 2.46. The van der Waals surface area contributed by atoms with E-state index in [1.807, 2.05) is 0 Å². The van der Waals surface area contributed by atoms with Crippen molar-refractivity contribution in [2.24, 2.45) is 0 Å². The van der Waals surface area contributed by atoms with Gasteiger partial charge in [-0.25, -0.2) is 0 Å². The maximum Gasteiger partial charge on any atom is 0.471 e. The summed E-state index contributed by atoms with van der Waals surface area (Å²) in [4.78, 5) is 22.0. The lowest BCUT2D eigenvalue weighted by molar-refractivity contribution is -0.196. The zero-order valence-corrected chi connectivity index (χ0v) is 9.12. The Bertz CT molecular complexity index is 299. The number of halogens is 3. The minimum Gasteiger partial charge on any atom is -0.469 e. The van der Waals surface area contributed by atoms with Gasteiger partial charge in [-0.2, -0.15) is 13.2 Å². The van der Waals surface area contributed by atoms with Gasteiger partial charge in [-0.05, 0) is 0 Å². The summed E-state index contributed by atoms with van der Waals surface area (Å²) in [5, 5.41) is 0. The molecule has 0 bridgehead atoms. The van der Waals surface area contributed by atoms with E-state index in [1.54, 1.807) is 0 Å². The number of carbonyl (C=O) groups excluding carboxylic acids is 2. The molecule has 0 N–H and O–H groups in total. The third-order valence-electron chi connectivity index (χ3n) is 2.27. The second-order valence-corrected chi connectivity index (χ2v) is 3.53. The third kappa shape index (κ3) is 3.88. The van der Waals surface area contributed by atoms with Gasteiger partial charge in [0.1, 0.15) is 0 Å². The Morgan fingerprint density at radius 3 is 2.41 bits per heavy atom. The van der Waals surface area contributed by atoms with Crippen LogP contribution in [-0.2, 0) is 19.1 Å². The van der Waals surface area contributed by atoms with Crippen molar-refractivity contribution in [3.8, 4) is 0 Å². The monoisotopic (exact) mass is 255 g/mol. The third-order valence-corrected chi connectivity index (χ3v) is 2.27. The summed E-state index contributed by atoms with van der Waals surface area (Å²) in [6, 6.07) is 0. The van der Waals surface area contributed by atoms with Crippen LogP contribution in [0.15, 0.2) is 0 Å². The Morgan fingerprint density at radius 1 is 1.35 bits per heavy atom. The van der Waals surface area contributed by atoms with Gasteiger partial charge in [0.25, 0.3) is 0 Å². The molecule has 0 aliphatic carbocycles. The Morgan fingerprint density at radius 2 is 1.94 bits per heavy atom. The molecule has 1 amide bonds. The number of rotatable bonds is 4. The normalized spacial score (nSPS) is 16.6. The first-order valence-electron chi connectivity index (χ1n) is 4.89. The molecule has 0 aromatic heterocycles. The fourth-order valence-corrected chi connectivity index (χ4v) is 1.30. The Kier molecular flexibility index (Phi) is 4.33. The van der Waals surface area contributed by atoms with E-state index in [4.69, 9.17) is 4.74 Å². The summed E-state index contributed by atoms with van der Waals surface area (Å²) in [5.41, 5.74) is 0. The molecule has 0 saturated carbocycles. The van der Waals surface area contributed by atoms with Crippen molar-refractivity contribution in [2.45, 2.75) is 18.7 Å². The average molecular weight is 255 g/mol. The van der Waals surface area contributed by atoms with Crippen molar-refractivity contribution in [3.05, 3.63) is 0 Å². The summed E-state index contributed by atoms with van der Waals surface area (Å²) < 4.78 is 45.3. The van der Waals surface area contributed by atoms with Crippen molar-refractivity contribution in [3.63, 3.8) is 0 Å². The molecule has 98 valence electrons. The minimum absolute atomic E-state index is 0.0419. The Labute approximate surface area is 95.5 Å². The summed E-state index contributed by atoms with van der Waals surface area (Å²) in [6.07, 6.45) is -5.23. The van der Waals surface area contributed by atoms with Gasteiger partial charge in [0.2, 0.25) is 0 Å². The molecule has 0 aromatic rings. The summed E-state index contributed by atoms with van der Waals surface area (Å²) in [7, 11) is 1.23. The van der Waals surface area contributed by atoms with Gasteiger partial charge >= 0.3 is 18.1 Å². The first kappa shape index (κ1) is 13.8. The smallest absolute Gasteiger partial charge is 0.469 e. The zero-order chi connectivity index (χ0) is 13.1. The Hall–Kier alpha value is -1.31. The fraction of sp³-hybridized carbons (Fsp3) is 0.778. The van der Waals surface area contributed by atoms with Gasteiger partial charge in [0, 0.05) is 13.1 Å². The van der Waals surface area contributed by atoms with Crippen molar-refractivity contribution in [2.75, 3.05) is 26.8 Å². The predicted molar refractivity (Wildman–Crippen MR) is 49.0 cm³/mol. The van der Waals surface area contributed by atoms with E-state index in [0.29, 0.717) is 4.90 Å². The van der Waals surface area contributed by atoms with Crippen LogP contribution in [0.25, 0.3) is 0 Å². The van der Waals surface area contributed by atoms with E-state index in [2.05, 4.69) is 4.74 Å². The molecule has 5 nitrogen and oxygen atoms in total. The SMILES string of the molecule is COC(=O)CCOC1CN(C(=O)C(F)(F)F)C1. The van der Waals surface area contributed by atoms with Crippen LogP contribution < -0.4 is 0 Å². The van der Waals surface area contributed by atoms with Crippen LogP contribution in [0.1, 0.15) is 6.42 Å². The molecule has 8 heteroatoms. The van der Waals surface area contributed by atoms with Crippen LogP contribution in [0.4, 0.5) is 13.2 Å². The number of alkyl halides is 3. The molecule has 1 fully saturated rings. The van der Waals surface area contributed by atoms with Crippen LogP contribution in [0.5, 0.6) is 0 Å². The summed E-state index contributed by atoms with van der Waals surface area (Å²) in [5.74, 6) is -2.31. The van der Waals surface area contributed by atoms with E-state index in [1.165, 1.54) is 7.11 Å². The lowest BCUT2D eigenvalue weighted by Crippen LogP contribution is -2.58. The Balaban J connectivity index is 2.16. The lowest BCUT2D eigenvalue weighted by Gasteiger charge is -2.38. The quantitative estimate of drug-likeness (QED) is 0.680. The van der Waals surface area contributed by atoms with Crippen LogP contribution >= 0.6 is 0 Å². The number of amides is 1. The molecule has 1 heterocycles. The summed E-state index contributed by atoms with van der Waals surface area (Å²) >= 11 is 0. The molecular weight excluding hydrogens is 243 g/mol. The number of esters is 1. The highest BCUT2D eigenvalue weighted by molar-refractivity contribution is 5.82. The topological polar surface area (TPSA) is 55.8 Å². The molecular formula is C9H12F3NO4. The minimum atomic E-state index is -4.84. The van der Waals surface area contributed by atoms with Gasteiger partial charge in [-0.3, -0.25) is 9.59 Å². The summed E-state index contributed by atoms with van der Waals surface area (Å²) in [6.45, 7) is -0.121. The van der Waals surface area contributed by atoms with Crippen LogP contribution in [-0.4, -0.2) is 55.9 Å². The molecule has 1 aliphatic heterocycles. The van der Waals surface area contributed by atoms with Gasteiger partial charge in [0.15, 0.2) is 0 Å². The van der Waals surface area contributed by atoms with Gasteiger partial charge in [-0.15, -0.1) is 0 Å². The number of nitrogens with zero attached hydrogens (tertiary/aromatic N) is 1. The number of likely N-dealkylation sites (tertiary alicyclic amines) is 1. The molecule has 0 unspecified atom stereocenters. The molecule has 0 radical (unpaired) electrons. The maximum atomic E-state index is 12.0. The second-order valence-electron chi connectivity index (χ2n) is 3.53. The fourth-order valence-electron chi connectivity index (χ4n) is 1.30. The highest BCUT2D eigenvalue weighted by Crippen LogP contribution is 2.23. The van der Waals surface area contributed by atoms with E-state index in [9.17, 15) is 22.8 Å².